The molecule has 0 spiro atoms. The molecule has 9 heteroatoms. The third-order valence-electron chi connectivity index (χ3n) is 4.11. The molecule has 1 amide bonds. The number of amides is 1. The van der Waals surface area contributed by atoms with Gasteiger partial charge in [0, 0.05) is 29.5 Å². The second-order valence-electron chi connectivity index (χ2n) is 5.96. The number of anilines is 1. The lowest BCUT2D eigenvalue weighted by atomic mass is 10.0. The molecule has 0 aliphatic rings. The van der Waals surface area contributed by atoms with Crippen molar-refractivity contribution in [3.8, 4) is 11.1 Å². The maximum Gasteiger partial charge on any atom is 0.417 e. The second-order valence-corrected chi connectivity index (χ2v) is 5.96. The minimum Gasteiger partial charge on any atom is -0.305 e. The molecule has 0 saturated heterocycles. The van der Waals surface area contributed by atoms with Crippen LogP contribution in [0.2, 0.25) is 0 Å². The van der Waals surface area contributed by atoms with Crippen LogP contribution in [-0.4, -0.2) is 26.1 Å². The Morgan fingerprint density at radius 1 is 1.04 bits per heavy atom. The maximum absolute atomic E-state index is 12.6. The molecule has 6 nitrogen and oxygen atoms in total. The van der Waals surface area contributed by atoms with Crippen LogP contribution in [0.4, 0.5) is 19.0 Å². The van der Waals surface area contributed by atoms with Crippen molar-refractivity contribution in [2.45, 2.75) is 6.18 Å². The van der Waals surface area contributed by atoms with Gasteiger partial charge in [-0.3, -0.25) is 14.9 Å². The fourth-order valence-corrected chi connectivity index (χ4v) is 2.71. The number of nitrogens with one attached hydrogen (secondary N) is 2. The van der Waals surface area contributed by atoms with Gasteiger partial charge in [-0.1, -0.05) is 12.1 Å². The van der Waals surface area contributed by atoms with E-state index < -0.39 is 17.6 Å². The second kappa shape index (κ2) is 6.76. The van der Waals surface area contributed by atoms with E-state index in [0.717, 1.165) is 23.3 Å². The minimum absolute atomic E-state index is 0.00226. The number of carbonyl (C=O) groups excluding carboxylic acids is 1. The molecule has 0 saturated carbocycles. The molecule has 1 aromatic carbocycles. The van der Waals surface area contributed by atoms with Gasteiger partial charge in [0.2, 0.25) is 0 Å². The number of benzene rings is 1. The summed E-state index contributed by atoms with van der Waals surface area (Å²) in [5, 5.41) is 9.83. The van der Waals surface area contributed by atoms with Gasteiger partial charge in [-0.25, -0.2) is 4.98 Å². The van der Waals surface area contributed by atoms with Crippen LogP contribution in [0.25, 0.3) is 22.0 Å². The predicted molar refractivity (Wildman–Crippen MR) is 96.5 cm³/mol. The zero-order valence-electron chi connectivity index (χ0n) is 14.2. The van der Waals surface area contributed by atoms with Crippen LogP contribution in [0.1, 0.15) is 16.1 Å². The van der Waals surface area contributed by atoms with Gasteiger partial charge in [0.15, 0.2) is 5.69 Å². The van der Waals surface area contributed by atoms with E-state index in [1.54, 1.807) is 30.6 Å². The summed E-state index contributed by atoms with van der Waals surface area (Å²) in [5.74, 6) is -0.584. The SMILES string of the molecule is O=C(Nc1ccc(C(F)(F)F)cn1)c1n[nH]c2ccc(-c3cccnc3)cc12. The number of aromatic amines is 1. The third-order valence-corrected chi connectivity index (χ3v) is 4.11. The molecular weight excluding hydrogens is 371 g/mol. The number of carbonyl (C=O) groups is 1. The summed E-state index contributed by atoms with van der Waals surface area (Å²) < 4.78 is 37.8. The quantitative estimate of drug-likeness (QED) is 0.553. The monoisotopic (exact) mass is 383 g/mol. The Morgan fingerprint density at radius 3 is 2.57 bits per heavy atom. The van der Waals surface area contributed by atoms with Crippen molar-refractivity contribution in [2.24, 2.45) is 0 Å². The molecule has 3 heterocycles. The summed E-state index contributed by atoms with van der Waals surface area (Å²) in [6.45, 7) is 0. The Balaban J connectivity index is 1.62. The molecule has 0 aliphatic heterocycles. The van der Waals surface area contributed by atoms with E-state index in [0.29, 0.717) is 17.1 Å². The van der Waals surface area contributed by atoms with Gasteiger partial charge >= 0.3 is 6.18 Å². The predicted octanol–water partition coefficient (Wildman–Crippen LogP) is 4.29. The molecule has 2 N–H and O–H groups in total. The molecule has 28 heavy (non-hydrogen) atoms. The summed E-state index contributed by atoms with van der Waals surface area (Å²) in [4.78, 5) is 20.3. The van der Waals surface area contributed by atoms with Gasteiger partial charge in [0.25, 0.3) is 5.91 Å². The molecule has 3 aromatic heterocycles. The van der Waals surface area contributed by atoms with Gasteiger partial charge in [-0.05, 0) is 35.9 Å². The molecular formula is C19H12F3N5O. The molecule has 0 radical (unpaired) electrons. The lowest BCUT2D eigenvalue weighted by molar-refractivity contribution is -0.137. The van der Waals surface area contributed by atoms with Crippen LogP contribution in [0, 0.1) is 0 Å². The van der Waals surface area contributed by atoms with E-state index >= 15 is 0 Å². The lowest BCUT2D eigenvalue weighted by Crippen LogP contribution is -2.14. The Morgan fingerprint density at radius 2 is 1.89 bits per heavy atom. The van der Waals surface area contributed by atoms with Crippen molar-refractivity contribution >= 4 is 22.6 Å². The highest BCUT2D eigenvalue weighted by molar-refractivity contribution is 6.11. The van der Waals surface area contributed by atoms with Crippen LogP contribution in [0.15, 0.2) is 61.1 Å². The third kappa shape index (κ3) is 3.41. The van der Waals surface area contributed by atoms with E-state index in [4.69, 9.17) is 0 Å². The van der Waals surface area contributed by atoms with Crippen molar-refractivity contribution in [2.75, 3.05) is 5.32 Å². The van der Waals surface area contributed by atoms with Crippen LogP contribution in [0.5, 0.6) is 0 Å². The van der Waals surface area contributed by atoms with Crippen molar-refractivity contribution in [3.05, 3.63) is 72.3 Å². The topological polar surface area (TPSA) is 83.6 Å². The molecule has 140 valence electrons. The highest BCUT2D eigenvalue weighted by Crippen LogP contribution is 2.29. The molecule has 4 rings (SSSR count). The normalized spacial score (nSPS) is 11.5. The number of hydrogen-bond acceptors (Lipinski definition) is 4. The Labute approximate surface area is 156 Å². The highest BCUT2D eigenvalue weighted by atomic mass is 19.4. The number of halogens is 3. The number of pyridine rings is 2. The molecule has 0 aliphatic carbocycles. The lowest BCUT2D eigenvalue weighted by Gasteiger charge is -2.07. The summed E-state index contributed by atoms with van der Waals surface area (Å²) in [7, 11) is 0. The Bertz CT molecular complexity index is 1140. The minimum atomic E-state index is -4.49. The maximum atomic E-state index is 12.6. The van der Waals surface area contributed by atoms with Crippen molar-refractivity contribution < 1.29 is 18.0 Å². The number of alkyl halides is 3. The number of rotatable bonds is 3. The van der Waals surface area contributed by atoms with Crippen LogP contribution in [-0.2, 0) is 6.18 Å². The van der Waals surface area contributed by atoms with Crippen LogP contribution >= 0.6 is 0 Å². The first-order valence-corrected chi connectivity index (χ1v) is 8.15. The van der Waals surface area contributed by atoms with Crippen molar-refractivity contribution in [1.29, 1.82) is 0 Å². The van der Waals surface area contributed by atoms with Crippen molar-refractivity contribution in [3.63, 3.8) is 0 Å². The zero-order valence-corrected chi connectivity index (χ0v) is 14.2. The average Bonchev–Trinajstić information content (AvgIpc) is 3.12. The van der Waals surface area contributed by atoms with Gasteiger partial charge in [-0.15, -0.1) is 0 Å². The Kier molecular flexibility index (Phi) is 4.26. The first-order valence-electron chi connectivity index (χ1n) is 8.15. The number of aromatic nitrogens is 4. The van der Waals surface area contributed by atoms with E-state index in [9.17, 15) is 18.0 Å². The molecule has 0 bridgehead atoms. The molecule has 0 unspecified atom stereocenters. The standard InChI is InChI=1S/C19H12F3N5O/c20-19(21,22)13-4-6-16(24-10-13)25-18(28)17-14-8-11(3-5-15(14)26-27-17)12-2-1-7-23-9-12/h1-10H,(H,26,27)(H,24,25,28). The summed E-state index contributed by atoms with van der Waals surface area (Å²) in [5.41, 5.74) is 1.60. The first kappa shape index (κ1) is 17.7. The number of fused-ring (bicyclic) bond motifs is 1. The van der Waals surface area contributed by atoms with E-state index in [1.165, 1.54) is 0 Å². The highest BCUT2D eigenvalue weighted by Gasteiger charge is 2.30. The number of hydrogen-bond donors (Lipinski definition) is 2. The van der Waals surface area contributed by atoms with Crippen LogP contribution < -0.4 is 5.32 Å². The smallest absolute Gasteiger partial charge is 0.305 e. The van der Waals surface area contributed by atoms with Crippen LogP contribution in [0.3, 0.4) is 0 Å². The molecule has 0 fully saturated rings. The van der Waals surface area contributed by atoms with Gasteiger partial charge in [0.05, 0.1) is 11.1 Å². The molecule has 0 atom stereocenters. The molecule has 4 aromatic rings. The fraction of sp³-hybridized carbons (Fsp3) is 0.0526. The zero-order chi connectivity index (χ0) is 19.7. The van der Waals surface area contributed by atoms with Gasteiger partial charge < -0.3 is 5.32 Å². The fourth-order valence-electron chi connectivity index (χ4n) is 2.71. The van der Waals surface area contributed by atoms with E-state index in [1.807, 2.05) is 12.1 Å². The van der Waals surface area contributed by atoms with Crippen molar-refractivity contribution in [1.82, 2.24) is 20.2 Å². The number of H-pyrrole nitrogens is 1. The van der Waals surface area contributed by atoms with E-state index in [2.05, 4.69) is 25.5 Å². The Hall–Kier alpha value is -3.75. The summed E-state index contributed by atoms with van der Waals surface area (Å²) in [6.07, 6.45) is -0.460. The van der Waals surface area contributed by atoms with E-state index in [-0.39, 0.29) is 11.5 Å². The summed E-state index contributed by atoms with van der Waals surface area (Å²) in [6, 6.07) is 11.1. The summed E-state index contributed by atoms with van der Waals surface area (Å²) >= 11 is 0. The largest absolute Gasteiger partial charge is 0.417 e. The van der Waals surface area contributed by atoms with Gasteiger partial charge in [-0.2, -0.15) is 18.3 Å². The van der Waals surface area contributed by atoms with Gasteiger partial charge in [0.1, 0.15) is 5.82 Å². The first-order chi connectivity index (χ1) is 13.4. The number of nitrogens with zero attached hydrogens (tertiary/aromatic N) is 3. The average molecular weight is 383 g/mol.